The van der Waals surface area contributed by atoms with Crippen molar-refractivity contribution in [2.75, 3.05) is 20.1 Å². The summed E-state index contributed by atoms with van der Waals surface area (Å²) in [5, 5.41) is 0. The van der Waals surface area contributed by atoms with Crippen molar-refractivity contribution in [1.82, 2.24) is 14.5 Å². The molecule has 0 spiro atoms. The van der Waals surface area contributed by atoms with E-state index in [0.717, 1.165) is 17.2 Å². The molecule has 21 heavy (non-hydrogen) atoms. The second kappa shape index (κ2) is 6.58. The molecule has 1 fully saturated rings. The van der Waals surface area contributed by atoms with Gasteiger partial charge in [-0.2, -0.15) is 0 Å². The molecule has 1 N–H and O–H groups in total. The first-order valence-electron chi connectivity index (χ1n) is 7.76. The summed E-state index contributed by atoms with van der Waals surface area (Å²) in [4.78, 5) is 5.62. The van der Waals surface area contributed by atoms with Crippen molar-refractivity contribution in [3.8, 4) is 11.3 Å². The van der Waals surface area contributed by atoms with Crippen LogP contribution in [0.3, 0.4) is 0 Å². The number of hydrogen-bond acceptors (Lipinski definition) is 2. The van der Waals surface area contributed by atoms with E-state index in [1.165, 1.54) is 43.6 Å². The van der Waals surface area contributed by atoms with Gasteiger partial charge in [0.2, 0.25) is 0 Å². The normalized spacial score (nSPS) is 17.2. The highest BCUT2D eigenvalue weighted by Gasteiger charge is 2.17. The van der Waals surface area contributed by atoms with Crippen LogP contribution in [0.1, 0.15) is 19.3 Å². The van der Waals surface area contributed by atoms with Crippen LogP contribution in [0.4, 0.5) is 0 Å². The third kappa shape index (κ3) is 3.44. The second-order valence-corrected chi connectivity index (χ2v) is 6.42. The number of hydrogen-bond donors (Lipinski definition) is 1. The molecule has 0 aliphatic carbocycles. The summed E-state index contributed by atoms with van der Waals surface area (Å²) in [6, 6.07) is 10.5. The Bertz CT molecular complexity index is 621. The Hall–Kier alpha value is -1.39. The van der Waals surface area contributed by atoms with E-state index in [9.17, 15) is 0 Å². The zero-order valence-electron chi connectivity index (χ0n) is 12.6. The summed E-state index contributed by atoms with van der Waals surface area (Å²) in [7, 11) is 2.21. The van der Waals surface area contributed by atoms with Crippen LogP contribution in [0, 0.1) is 10.7 Å². The molecule has 0 atom stereocenters. The molecule has 1 aromatic heterocycles. The number of piperidine rings is 1. The van der Waals surface area contributed by atoms with E-state index in [2.05, 4.69) is 45.8 Å². The van der Waals surface area contributed by atoms with Crippen molar-refractivity contribution in [2.45, 2.75) is 25.8 Å². The third-order valence-electron chi connectivity index (χ3n) is 4.54. The van der Waals surface area contributed by atoms with Gasteiger partial charge in [-0.25, -0.2) is 0 Å². The minimum absolute atomic E-state index is 0.835. The van der Waals surface area contributed by atoms with Gasteiger partial charge in [-0.1, -0.05) is 30.3 Å². The fourth-order valence-electron chi connectivity index (χ4n) is 3.13. The van der Waals surface area contributed by atoms with Crippen molar-refractivity contribution >= 4 is 12.2 Å². The first-order chi connectivity index (χ1) is 10.2. The van der Waals surface area contributed by atoms with Gasteiger partial charge in [-0.05, 0) is 63.1 Å². The van der Waals surface area contributed by atoms with E-state index in [-0.39, 0.29) is 0 Å². The average Bonchev–Trinajstić information content (AvgIpc) is 2.89. The molecule has 112 valence electrons. The van der Waals surface area contributed by atoms with Crippen LogP contribution in [0.5, 0.6) is 0 Å². The van der Waals surface area contributed by atoms with Gasteiger partial charge in [-0.15, -0.1) is 0 Å². The number of aromatic nitrogens is 2. The monoisotopic (exact) mass is 301 g/mol. The van der Waals surface area contributed by atoms with Gasteiger partial charge >= 0.3 is 0 Å². The number of benzene rings is 1. The van der Waals surface area contributed by atoms with Gasteiger partial charge in [-0.3, -0.25) is 0 Å². The number of likely N-dealkylation sites (tertiary alicyclic amines) is 1. The average molecular weight is 301 g/mol. The lowest BCUT2D eigenvalue weighted by molar-refractivity contribution is 0.208. The van der Waals surface area contributed by atoms with Gasteiger partial charge < -0.3 is 14.5 Å². The maximum atomic E-state index is 5.46. The van der Waals surface area contributed by atoms with Crippen LogP contribution in [-0.2, 0) is 6.54 Å². The predicted octanol–water partition coefficient (Wildman–Crippen LogP) is 3.94. The molecule has 3 nitrogen and oxygen atoms in total. The molecule has 3 rings (SSSR count). The van der Waals surface area contributed by atoms with Gasteiger partial charge in [0, 0.05) is 12.7 Å². The van der Waals surface area contributed by atoms with Crippen molar-refractivity contribution in [2.24, 2.45) is 5.92 Å². The first-order valence-corrected chi connectivity index (χ1v) is 8.17. The summed E-state index contributed by atoms with van der Waals surface area (Å²) in [6.07, 6.45) is 5.88. The van der Waals surface area contributed by atoms with Crippen molar-refractivity contribution < 1.29 is 0 Å². The molecule has 1 aromatic carbocycles. The highest BCUT2D eigenvalue weighted by atomic mass is 32.1. The quantitative estimate of drug-likeness (QED) is 0.865. The maximum absolute atomic E-state index is 5.46. The van der Waals surface area contributed by atoms with E-state index in [0.29, 0.717) is 0 Å². The van der Waals surface area contributed by atoms with Crippen molar-refractivity contribution in [3.63, 3.8) is 0 Å². The molecule has 4 heteroatoms. The Balaban J connectivity index is 1.71. The molecular formula is C17H23N3S. The Kier molecular flexibility index (Phi) is 4.56. The number of rotatable bonds is 4. The SMILES string of the molecule is CN1CCC(CCn2c(-c3ccccc3)c[nH]c2=S)CC1. The van der Waals surface area contributed by atoms with Gasteiger partial charge in [0.1, 0.15) is 0 Å². The Morgan fingerprint density at radius 3 is 2.62 bits per heavy atom. The second-order valence-electron chi connectivity index (χ2n) is 6.03. The third-order valence-corrected chi connectivity index (χ3v) is 4.88. The standard InChI is InChI=1S/C17H23N3S/c1-19-10-7-14(8-11-19)9-12-20-16(13-18-17(20)21)15-5-3-2-4-6-15/h2-6,13-14H,7-12H2,1H3,(H,18,21). The fraction of sp³-hybridized carbons (Fsp3) is 0.471. The molecular weight excluding hydrogens is 278 g/mol. The topological polar surface area (TPSA) is 24.0 Å². The molecule has 0 bridgehead atoms. The van der Waals surface area contributed by atoms with Crippen LogP contribution >= 0.6 is 12.2 Å². The molecule has 2 aromatic rings. The van der Waals surface area contributed by atoms with E-state index in [4.69, 9.17) is 12.2 Å². The van der Waals surface area contributed by atoms with E-state index >= 15 is 0 Å². The van der Waals surface area contributed by atoms with Crippen LogP contribution in [0.15, 0.2) is 36.5 Å². The van der Waals surface area contributed by atoms with Crippen LogP contribution < -0.4 is 0 Å². The minimum atomic E-state index is 0.835. The molecule has 1 saturated heterocycles. The van der Waals surface area contributed by atoms with Gasteiger partial charge in [0.15, 0.2) is 4.77 Å². The number of imidazole rings is 1. The predicted molar refractivity (Wildman–Crippen MR) is 89.9 cm³/mol. The van der Waals surface area contributed by atoms with Gasteiger partial charge in [0.05, 0.1) is 5.69 Å². The summed E-state index contributed by atoms with van der Waals surface area (Å²) >= 11 is 5.46. The van der Waals surface area contributed by atoms with Crippen LogP contribution in [0.25, 0.3) is 11.3 Å². The maximum Gasteiger partial charge on any atom is 0.177 e. The molecule has 1 aliphatic rings. The fourth-order valence-corrected chi connectivity index (χ4v) is 3.38. The number of nitrogens with zero attached hydrogens (tertiary/aromatic N) is 2. The molecule has 0 unspecified atom stereocenters. The zero-order chi connectivity index (χ0) is 14.7. The Morgan fingerprint density at radius 2 is 1.90 bits per heavy atom. The Labute approximate surface area is 131 Å². The van der Waals surface area contributed by atoms with E-state index in [1.807, 2.05) is 12.3 Å². The van der Waals surface area contributed by atoms with E-state index in [1.54, 1.807) is 0 Å². The van der Waals surface area contributed by atoms with Crippen molar-refractivity contribution in [1.29, 1.82) is 0 Å². The summed E-state index contributed by atoms with van der Waals surface area (Å²) in [5.41, 5.74) is 2.43. The lowest BCUT2D eigenvalue weighted by Gasteiger charge is -2.29. The lowest BCUT2D eigenvalue weighted by Crippen LogP contribution is -2.30. The largest absolute Gasteiger partial charge is 0.337 e. The summed E-state index contributed by atoms with van der Waals surface area (Å²) in [6.45, 7) is 3.48. The first kappa shape index (κ1) is 14.5. The number of nitrogens with one attached hydrogen (secondary N) is 1. The number of H-pyrrole nitrogens is 1. The zero-order valence-corrected chi connectivity index (χ0v) is 13.4. The van der Waals surface area contributed by atoms with Crippen LogP contribution in [-0.4, -0.2) is 34.6 Å². The minimum Gasteiger partial charge on any atom is -0.337 e. The van der Waals surface area contributed by atoms with E-state index < -0.39 is 0 Å². The summed E-state index contributed by atoms with van der Waals surface area (Å²) < 4.78 is 3.09. The molecule has 2 heterocycles. The molecule has 1 aliphatic heterocycles. The molecule has 0 saturated carbocycles. The lowest BCUT2D eigenvalue weighted by atomic mass is 9.94. The van der Waals surface area contributed by atoms with Crippen LogP contribution in [0.2, 0.25) is 0 Å². The Morgan fingerprint density at radius 1 is 1.19 bits per heavy atom. The molecule has 0 amide bonds. The highest BCUT2D eigenvalue weighted by molar-refractivity contribution is 7.71. The van der Waals surface area contributed by atoms with Crippen molar-refractivity contribution in [3.05, 3.63) is 41.3 Å². The molecule has 0 radical (unpaired) electrons. The smallest absolute Gasteiger partial charge is 0.177 e. The number of aromatic amines is 1. The van der Waals surface area contributed by atoms with Gasteiger partial charge in [0.25, 0.3) is 0 Å². The summed E-state index contributed by atoms with van der Waals surface area (Å²) in [5.74, 6) is 0.835. The highest BCUT2D eigenvalue weighted by Crippen LogP contribution is 2.23.